The lowest BCUT2D eigenvalue weighted by Crippen LogP contribution is -2.13. The molecule has 2 rings (SSSR count). The van der Waals surface area contributed by atoms with Crippen molar-refractivity contribution in [3.63, 3.8) is 0 Å². The first-order valence-corrected chi connectivity index (χ1v) is 6.58. The van der Waals surface area contributed by atoms with Gasteiger partial charge in [0.25, 0.3) is 5.91 Å². The average molecular weight is 290 g/mol. The van der Waals surface area contributed by atoms with Gasteiger partial charge in [-0.1, -0.05) is 23.7 Å². The molecule has 1 aromatic carbocycles. The molecule has 0 radical (unpaired) electrons. The third-order valence-corrected chi connectivity index (χ3v) is 3.03. The van der Waals surface area contributed by atoms with Gasteiger partial charge >= 0.3 is 0 Å². The topological polar surface area (TPSA) is 45.2 Å². The Kier molecular flexibility index (Phi) is 4.71. The Morgan fingerprint density at radius 1 is 1.25 bits per heavy atom. The predicted molar refractivity (Wildman–Crippen MR) is 81.0 cm³/mol. The van der Waals surface area contributed by atoms with Gasteiger partial charge < -0.3 is 10.2 Å². The maximum Gasteiger partial charge on any atom is 0.257 e. The standard InChI is InChI=1S/C15H16ClN3O/c1-19(2)10-11-3-5-12(6-4-11)18-15(20)13-7-8-17-9-14(13)16/h3-9H,10H2,1-2H3,(H,18,20). The van der Waals surface area contributed by atoms with Crippen LogP contribution in [-0.2, 0) is 6.54 Å². The van der Waals surface area contributed by atoms with Crippen molar-refractivity contribution < 1.29 is 4.79 Å². The van der Waals surface area contributed by atoms with E-state index in [1.807, 2.05) is 38.4 Å². The number of nitrogens with zero attached hydrogens (tertiary/aromatic N) is 2. The Morgan fingerprint density at radius 3 is 2.55 bits per heavy atom. The summed E-state index contributed by atoms with van der Waals surface area (Å²) in [5.74, 6) is -0.238. The van der Waals surface area contributed by atoms with E-state index in [4.69, 9.17) is 11.6 Å². The number of benzene rings is 1. The number of hydrogen-bond acceptors (Lipinski definition) is 3. The van der Waals surface area contributed by atoms with Crippen LogP contribution in [0.1, 0.15) is 15.9 Å². The van der Waals surface area contributed by atoms with Crippen LogP contribution in [-0.4, -0.2) is 29.9 Å². The van der Waals surface area contributed by atoms with Gasteiger partial charge in [0.1, 0.15) is 0 Å². The van der Waals surface area contributed by atoms with E-state index in [1.54, 1.807) is 12.3 Å². The van der Waals surface area contributed by atoms with E-state index in [0.717, 1.165) is 12.2 Å². The van der Waals surface area contributed by atoms with Gasteiger partial charge in [-0.2, -0.15) is 0 Å². The fraction of sp³-hybridized carbons (Fsp3) is 0.200. The number of amides is 1. The zero-order chi connectivity index (χ0) is 14.5. The van der Waals surface area contributed by atoms with Gasteiger partial charge in [0.2, 0.25) is 0 Å². The Balaban J connectivity index is 2.07. The van der Waals surface area contributed by atoms with Crippen LogP contribution in [0.25, 0.3) is 0 Å². The lowest BCUT2D eigenvalue weighted by Gasteiger charge is -2.11. The first-order valence-electron chi connectivity index (χ1n) is 6.21. The molecular weight excluding hydrogens is 274 g/mol. The largest absolute Gasteiger partial charge is 0.322 e. The van der Waals surface area contributed by atoms with Crippen LogP contribution in [0.4, 0.5) is 5.69 Å². The molecule has 0 unspecified atom stereocenters. The second-order valence-corrected chi connectivity index (χ2v) is 5.15. The molecule has 0 spiro atoms. The zero-order valence-electron chi connectivity index (χ0n) is 11.4. The minimum Gasteiger partial charge on any atom is -0.322 e. The van der Waals surface area contributed by atoms with Crippen molar-refractivity contribution in [2.45, 2.75) is 6.54 Å². The van der Waals surface area contributed by atoms with Crippen LogP contribution in [0.2, 0.25) is 5.02 Å². The molecule has 0 aliphatic carbocycles. The van der Waals surface area contributed by atoms with E-state index >= 15 is 0 Å². The Hall–Kier alpha value is -1.91. The lowest BCUT2D eigenvalue weighted by atomic mass is 10.2. The molecule has 104 valence electrons. The quantitative estimate of drug-likeness (QED) is 0.941. The first kappa shape index (κ1) is 14.5. The lowest BCUT2D eigenvalue weighted by molar-refractivity contribution is 0.102. The summed E-state index contributed by atoms with van der Waals surface area (Å²) >= 11 is 5.94. The SMILES string of the molecule is CN(C)Cc1ccc(NC(=O)c2ccncc2Cl)cc1. The van der Waals surface area contributed by atoms with Crippen molar-refractivity contribution in [2.75, 3.05) is 19.4 Å². The molecule has 0 saturated heterocycles. The van der Waals surface area contributed by atoms with E-state index in [0.29, 0.717) is 10.6 Å². The maximum atomic E-state index is 12.1. The third-order valence-electron chi connectivity index (χ3n) is 2.73. The number of halogens is 1. The van der Waals surface area contributed by atoms with Gasteiger partial charge in [-0.25, -0.2) is 0 Å². The Morgan fingerprint density at radius 2 is 1.95 bits per heavy atom. The fourth-order valence-electron chi connectivity index (χ4n) is 1.82. The minimum absolute atomic E-state index is 0.238. The molecule has 0 atom stereocenters. The summed E-state index contributed by atoms with van der Waals surface area (Å²) < 4.78 is 0. The Labute approximate surface area is 123 Å². The van der Waals surface area contributed by atoms with E-state index in [-0.39, 0.29) is 5.91 Å². The molecule has 20 heavy (non-hydrogen) atoms. The molecule has 1 heterocycles. The smallest absolute Gasteiger partial charge is 0.257 e. The van der Waals surface area contributed by atoms with E-state index in [1.165, 1.54) is 11.8 Å². The molecule has 0 bridgehead atoms. The molecule has 0 saturated carbocycles. The predicted octanol–water partition coefficient (Wildman–Crippen LogP) is 3.05. The molecule has 0 fully saturated rings. The number of carbonyl (C=O) groups is 1. The second-order valence-electron chi connectivity index (χ2n) is 4.74. The molecule has 1 aromatic heterocycles. The summed E-state index contributed by atoms with van der Waals surface area (Å²) in [7, 11) is 4.03. The van der Waals surface area contributed by atoms with Crippen molar-refractivity contribution >= 4 is 23.2 Å². The summed E-state index contributed by atoms with van der Waals surface area (Å²) in [4.78, 5) is 18.0. The number of hydrogen-bond donors (Lipinski definition) is 1. The number of rotatable bonds is 4. The number of aromatic nitrogens is 1. The number of nitrogens with one attached hydrogen (secondary N) is 1. The number of anilines is 1. The summed E-state index contributed by atoms with van der Waals surface area (Å²) in [6.45, 7) is 0.865. The van der Waals surface area contributed by atoms with Crippen LogP contribution in [0.3, 0.4) is 0 Å². The summed E-state index contributed by atoms with van der Waals surface area (Å²) in [6.07, 6.45) is 3.00. The molecular formula is C15H16ClN3O. The Bertz CT molecular complexity index is 596. The van der Waals surface area contributed by atoms with Crippen LogP contribution in [0.5, 0.6) is 0 Å². The van der Waals surface area contributed by atoms with Gasteiger partial charge in [-0.3, -0.25) is 9.78 Å². The highest BCUT2D eigenvalue weighted by atomic mass is 35.5. The van der Waals surface area contributed by atoms with Crippen LogP contribution >= 0.6 is 11.6 Å². The van der Waals surface area contributed by atoms with Gasteiger partial charge in [0, 0.05) is 24.6 Å². The number of carbonyl (C=O) groups excluding carboxylic acids is 1. The second kappa shape index (κ2) is 6.50. The van der Waals surface area contributed by atoms with Crippen molar-refractivity contribution in [1.29, 1.82) is 0 Å². The highest BCUT2D eigenvalue weighted by Gasteiger charge is 2.10. The molecule has 0 aliphatic rings. The highest BCUT2D eigenvalue weighted by molar-refractivity contribution is 6.34. The molecule has 1 N–H and O–H groups in total. The van der Waals surface area contributed by atoms with Gasteiger partial charge in [-0.05, 0) is 37.9 Å². The average Bonchev–Trinajstić information content (AvgIpc) is 2.41. The van der Waals surface area contributed by atoms with Gasteiger partial charge in [0.05, 0.1) is 10.6 Å². The van der Waals surface area contributed by atoms with Crippen molar-refractivity contribution in [3.8, 4) is 0 Å². The van der Waals surface area contributed by atoms with Crippen molar-refractivity contribution in [1.82, 2.24) is 9.88 Å². The van der Waals surface area contributed by atoms with Gasteiger partial charge in [0.15, 0.2) is 0 Å². The highest BCUT2D eigenvalue weighted by Crippen LogP contribution is 2.16. The minimum atomic E-state index is -0.238. The normalized spacial score (nSPS) is 10.6. The summed E-state index contributed by atoms with van der Waals surface area (Å²) in [5, 5.41) is 3.16. The van der Waals surface area contributed by atoms with Crippen LogP contribution in [0, 0.1) is 0 Å². The van der Waals surface area contributed by atoms with Gasteiger partial charge in [-0.15, -0.1) is 0 Å². The molecule has 0 aliphatic heterocycles. The van der Waals surface area contributed by atoms with Crippen LogP contribution in [0.15, 0.2) is 42.7 Å². The summed E-state index contributed by atoms with van der Waals surface area (Å²) in [6, 6.07) is 9.34. The fourth-order valence-corrected chi connectivity index (χ4v) is 2.02. The van der Waals surface area contributed by atoms with E-state index in [9.17, 15) is 4.79 Å². The summed E-state index contributed by atoms with van der Waals surface area (Å²) in [5.41, 5.74) is 2.35. The van der Waals surface area contributed by atoms with Crippen LogP contribution < -0.4 is 5.32 Å². The zero-order valence-corrected chi connectivity index (χ0v) is 12.2. The molecule has 1 amide bonds. The monoisotopic (exact) mass is 289 g/mol. The van der Waals surface area contributed by atoms with Crippen molar-refractivity contribution in [3.05, 3.63) is 58.9 Å². The van der Waals surface area contributed by atoms with E-state index in [2.05, 4.69) is 15.2 Å². The molecule has 5 heteroatoms. The molecule has 4 nitrogen and oxygen atoms in total. The van der Waals surface area contributed by atoms with Crippen molar-refractivity contribution in [2.24, 2.45) is 0 Å². The van der Waals surface area contributed by atoms with E-state index < -0.39 is 0 Å². The molecule has 2 aromatic rings. The first-order chi connectivity index (χ1) is 9.56. The third kappa shape index (κ3) is 3.79. The maximum absolute atomic E-state index is 12.1. The number of pyridine rings is 1.